The summed E-state index contributed by atoms with van der Waals surface area (Å²) in [5.41, 5.74) is 0.933. The second-order valence-corrected chi connectivity index (χ2v) is 9.40. The number of carbonyl (C=O) groups excluding carboxylic acids is 1. The number of aromatic amines is 1. The maximum atomic E-state index is 13.2. The first-order chi connectivity index (χ1) is 18.2. The maximum absolute atomic E-state index is 13.2. The van der Waals surface area contributed by atoms with Crippen LogP contribution in [0.4, 0.5) is 19.0 Å². The number of nitrogens with one attached hydrogen (secondary N) is 2. The van der Waals surface area contributed by atoms with Crippen LogP contribution in [0.15, 0.2) is 83.0 Å². The first-order valence-electron chi connectivity index (χ1n) is 11.5. The third-order valence-electron chi connectivity index (χ3n) is 5.81. The Bertz CT molecular complexity index is 1660. The normalized spacial score (nSPS) is 11.5. The molecule has 0 atom stereocenters. The lowest BCUT2D eigenvalue weighted by Gasteiger charge is -2.11. The van der Waals surface area contributed by atoms with Crippen LogP contribution in [0.5, 0.6) is 0 Å². The lowest BCUT2D eigenvalue weighted by Crippen LogP contribution is -2.22. The highest BCUT2D eigenvalue weighted by Gasteiger charge is 2.31. The Labute approximate surface area is 218 Å². The van der Waals surface area contributed by atoms with Crippen LogP contribution in [-0.4, -0.2) is 25.7 Å². The van der Waals surface area contributed by atoms with Crippen LogP contribution in [0.25, 0.3) is 16.5 Å². The van der Waals surface area contributed by atoms with Crippen LogP contribution >= 0.6 is 11.3 Å². The van der Waals surface area contributed by atoms with E-state index in [1.54, 1.807) is 13.0 Å². The molecule has 0 spiro atoms. The molecule has 0 saturated heterocycles. The molecule has 3 heterocycles. The molecule has 0 fully saturated rings. The van der Waals surface area contributed by atoms with E-state index in [1.807, 2.05) is 47.8 Å². The molecule has 7 nitrogen and oxygen atoms in total. The van der Waals surface area contributed by atoms with Crippen molar-refractivity contribution in [2.75, 3.05) is 5.32 Å². The number of benzene rings is 2. The minimum Gasteiger partial charge on any atom is -0.306 e. The predicted octanol–water partition coefficient (Wildman–Crippen LogP) is 5.85. The van der Waals surface area contributed by atoms with Crippen molar-refractivity contribution in [3.05, 3.63) is 116 Å². The minimum atomic E-state index is -4.59. The summed E-state index contributed by atoms with van der Waals surface area (Å²) in [5, 5.41) is 9.00. The fourth-order valence-electron chi connectivity index (χ4n) is 3.91. The number of aryl methyl sites for hydroxylation is 1. The van der Waals surface area contributed by atoms with E-state index in [4.69, 9.17) is 0 Å². The van der Waals surface area contributed by atoms with E-state index in [-0.39, 0.29) is 22.9 Å². The van der Waals surface area contributed by atoms with Crippen LogP contribution in [0.2, 0.25) is 0 Å². The highest BCUT2D eigenvalue weighted by Crippen LogP contribution is 2.30. The van der Waals surface area contributed by atoms with Crippen molar-refractivity contribution >= 4 is 23.1 Å². The summed E-state index contributed by atoms with van der Waals surface area (Å²) in [6.07, 6.45) is -4.21. The molecule has 5 aromatic rings. The number of thiophene rings is 1. The number of anilines is 1. The van der Waals surface area contributed by atoms with E-state index in [1.165, 1.54) is 28.2 Å². The third kappa shape index (κ3) is 5.28. The zero-order valence-corrected chi connectivity index (χ0v) is 20.7. The van der Waals surface area contributed by atoms with E-state index < -0.39 is 17.6 Å². The quantitative estimate of drug-likeness (QED) is 0.285. The smallest absolute Gasteiger partial charge is 0.306 e. The summed E-state index contributed by atoms with van der Waals surface area (Å²) in [6, 6.07) is 18.8. The lowest BCUT2D eigenvalue weighted by atomic mass is 10.1. The average molecular weight is 536 g/mol. The molecule has 38 heavy (non-hydrogen) atoms. The monoisotopic (exact) mass is 535 g/mol. The molecule has 192 valence electrons. The molecule has 0 aliphatic rings. The van der Waals surface area contributed by atoms with E-state index in [0.29, 0.717) is 23.4 Å². The Morgan fingerprint density at radius 2 is 1.84 bits per heavy atom. The Morgan fingerprint density at radius 1 is 1.05 bits per heavy atom. The van der Waals surface area contributed by atoms with Gasteiger partial charge in [0, 0.05) is 23.6 Å². The van der Waals surface area contributed by atoms with Crippen molar-refractivity contribution in [1.82, 2.24) is 19.7 Å². The maximum Gasteiger partial charge on any atom is 0.416 e. The standard InChI is InChI=1S/C27H20F3N5O2S/c1-16-20(13-17-7-3-2-4-8-17)25(37)33-26(31-16)35-23(15-21(34-35)22-11-6-12-38-22)32-24(36)18-9-5-10-19(14-18)27(28,29)30/h2-12,14-15H,13H2,1H3,(H,32,36)(H,31,33,37). The predicted molar refractivity (Wildman–Crippen MR) is 139 cm³/mol. The zero-order chi connectivity index (χ0) is 26.9. The summed E-state index contributed by atoms with van der Waals surface area (Å²) in [5.74, 6) is -0.574. The molecule has 2 aromatic carbocycles. The van der Waals surface area contributed by atoms with Gasteiger partial charge in [-0.25, -0.2) is 4.98 Å². The summed E-state index contributed by atoms with van der Waals surface area (Å²) < 4.78 is 40.8. The van der Waals surface area contributed by atoms with Crippen molar-refractivity contribution in [3.63, 3.8) is 0 Å². The molecule has 0 bridgehead atoms. The Morgan fingerprint density at radius 3 is 2.53 bits per heavy atom. The number of hydrogen-bond donors (Lipinski definition) is 2. The zero-order valence-electron chi connectivity index (χ0n) is 19.9. The van der Waals surface area contributed by atoms with Crippen LogP contribution < -0.4 is 10.9 Å². The first kappa shape index (κ1) is 25.2. The number of nitrogens with zero attached hydrogens (tertiary/aromatic N) is 3. The van der Waals surface area contributed by atoms with Crippen molar-refractivity contribution in [2.24, 2.45) is 0 Å². The Kier molecular flexibility index (Phi) is 6.68. The van der Waals surface area contributed by atoms with Gasteiger partial charge >= 0.3 is 6.18 Å². The van der Waals surface area contributed by atoms with Crippen molar-refractivity contribution in [1.29, 1.82) is 0 Å². The van der Waals surface area contributed by atoms with Gasteiger partial charge < -0.3 is 5.32 Å². The van der Waals surface area contributed by atoms with Gasteiger partial charge in [-0.2, -0.15) is 23.0 Å². The van der Waals surface area contributed by atoms with Crippen LogP contribution in [-0.2, 0) is 12.6 Å². The lowest BCUT2D eigenvalue weighted by molar-refractivity contribution is -0.137. The highest BCUT2D eigenvalue weighted by molar-refractivity contribution is 7.13. The van der Waals surface area contributed by atoms with Crippen molar-refractivity contribution in [3.8, 4) is 16.5 Å². The summed E-state index contributed by atoms with van der Waals surface area (Å²) in [6.45, 7) is 1.71. The molecule has 5 rings (SSSR count). The van der Waals surface area contributed by atoms with Gasteiger partial charge in [-0.3, -0.25) is 14.6 Å². The summed E-state index contributed by atoms with van der Waals surface area (Å²) in [4.78, 5) is 34.0. The van der Waals surface area contributed by atoms with Crippen LogP contribution in [0.1, 0.15) is 32.7 Å². The number of amides is 1. The number of H-pyrrole nitrogens is 1. The molecule has 11 heteroatoms. The van der Waals surface area contributed by atoms with Crippen LogP contribution in [0.3, 0.4) is 0 Å². The second-order valence-electron chi connectivity index (χ2n) is 8.45. The first-order valence-corrected chi connectivity index (χ1v) is 12.3. The number of rotatable bonds is 6. The van der Waals surface area contributed by atoms with Crippen molar-refractivity contribution in [2.45, 2.75) is 19.5 Å². The number of halogens is 3. The van der Waals surface area contributed by atoms with Gasteiger partial charge in [0.15, 0.2) is 0 Å². The number of carbonyl (C=O) groups is 1. The summed E-state index contributed by atoms with van der Waals surface area (Å²) in [7, 11) is 0. The molecule has 1 amide bonds. The molecule has 0 radical (unpaired) electrons. The van der Waals surface area contributed by atoms with Crippen LogP contribution in [0, 0.1) is 6.92 Å². The van der Waals surface area contributed by atoms with E-state index >= 15 is 0 Å². The molecule has 0 aliphatic heterocycles. The van der Waals surface area contributed by atoms with E-state index in [9.17, 15) is 22.8 Å². The summed E-state index contributed by atoms with van der Waals surface area (Å²) >= 11 is 1.42. The van der Waals surface area contributed by atoms with E-state index in [0.717, 1.165) is 22.6 Å². The molecule has 0 unspecified atom stereocenters. The van der Waals surface area contributed by atoms with E-state index in [2.05, 4.69) is 20.4 Å². The minimum absolute atomic E-state index is 0.0615. The SMILES string of the molecule is Cc1nc(-n2nc(-c3cccs3)cc2NC(=O)c2cccc(C(F)(F)F)c2)[nH]c(=O)c1Cc1ccccc1. The molecule has 0 saturated carbocycles. The van der Waals surface area contributed by atoms with Gasteiger partial charge in [0.25, 0.3) is 11.5 Å². The van der Waals surface area contributed by atoms with Gasteiger partial charge in [-0.1, -0.05) is 42.5 Å². The fraction of sp³-hybridized carbons (Fsp3) is 0.111. The van der Waals surface area contributed by atoms with Crippen molar-refractivity contribution < 1.29 is 18.0 Å². The molecule has 2 N–H and O–H groups in total. The van der Waals surface area contributed by atoms with Gasteiger partial charge in [-0.05, 0) is 42.1 Å². The number of hydrogen-bond acceptors (Lipinski definition) is 5. The average Bonchev–Trinajstić information content (AvgIpc) is 3.57. The fourth-order valence-corrected chi connectivity index (χ4v) is 4.59. The Hall–Kier alpha value is -4.51. The number of alkyl halides is 3. The van der Waals surface area contributed by atoms with Gasteiger partial charge in [0.1, 0.15) is 11.5 Å². The third-order valence-corrected chi connectivity index (χ3v) is 6.70. The topological polar surface area (TPSA) is 92.7 Å². The number of aromatic nitrogens is 4. The molecule has 0 aliphatic carbocycles. The van der Waals surface area contributed by atoms with Gasteiger partial charge in [-0.15, -0.1) is 11.3 Å². The highest BCUT2D eigenvalue weighted by atomic mass is 32.1. The molecular formula is C27H20F3N5O2S. The molecular weight excluding hydrogens is 515 g/mol. The van der Waals surface area contributed by atoms with Gasteiger partial charge in [0.2, 0.25) is 5.95 Å². The second kappa shape index (κ2) is 10.1. The molecule has 3 aromatic heterocycles. The van der Waals surface area contributed by atoms with Gasteiger partial charge in [0.05, 0.1) is 16.1 Å². The Balaban J connectivity index is 1.53. The largest absolute Gasteiger partial charge is 0.416 e.